The SMILES string of the molecule is O=C(Nc1cccc2c(=O)c3c(ccc4c5cc(NCOc6ccccc6)c6c(=O)c7ccccc7c(=O)c6c5[nH]c43)c(=O)c12)c1ccccc1. The van der Waals surface area contributed by atoms with Crippen LogP contribution in [0.4, 0.5) is 11.4 Å². The standard InChI is InChI=1S/C42H25N3O6/c46-38-25-14-7-8-15-26(25)39(47)35-34(38)31(43-21-51-23-12-5-2-6-13-23)20-29-24-18-19-28-33(36(24)45-37(29)35)41(49)27-16-9-17-30(32(27)40(28)48)44-42(50)22-10-3-1-4-11-22/h1-20,43,45H,21H2,(H,44,50). The van der Waals surface area contributed by atoms with Gasteiger partial charge in [-0.25, -0.2) is 0 Å². The molecule has 0 bridgehead atoms. The average Bonchev–Trinajstić information content (AvgIpc) is 3.54. The van der Waals surface area contributed by atoms with Crippen LogP contribution >= 0.6 is 0 Å². The van der Waals surface area contributed by atoms with Crippen LogP contribution in [0.5, 0.6) is 5.75 Å². The highest BCUT2D eigenvalue weighted by Crippen LogP contribution is 2.37. The molecule has 1 aromatic heterocycles. The van der Waals surface area contributed by atoms with Crippen molar-refractivity contribution in [2.45, 2.75) is 0 Å². The molecule has 9 aromatic rings. The van der Waals surface area contributed by atoms with Gasteiger partial charge in [0.2, 0.25) is 0 Å². The molecular formula is C42H25N3O6. The molecule has 0 aliphatic rings. The Morgan fingerprint density at radius 2 is 1.08 bits per heavy atom. The second-order valence-corrected chi connectivity index (χ2v) is 12.3. The second kappa shape index (κ2) is 11.5. The van der Waals surface area contributed by atoms with Crippen molar-refractivity contribution in [2.75, 3.05) is 17.4 Å². The summed E-state index contributed by atoms with van der Waals surface area (Å²) >= 11 is 0. The number of amides is 1. The fourth-order valence-corrected chi connectivity index (χ4v) is 7.14. The normalized spacial score (nSPS) is 11.6. The first-order valence-electron chi connectivity index (χ1n) is 16.2. The number of H-pyrrole nitrogens is 1. The number of carbonyl (C=O) groups excluding carboxylic acids is 1. The third kappa shape index (κ3) is 4.59. The van der Waals surface area contributed by atoms with Gasteiger partial charge in [0, 0.05) is 43.6 Å². The Balaban J connectivity index is 1.30. The summed E-state index contributed by atoms with van der Waals surface area (Å²) in [5.41, 5.74) is 0.272. The summed E-state index contributed by atoms with van der Waals surface area (Å²) in [6.45, 7) is 0.00967. The minimum Gasteiger partial charge on any atom is -0.473 e. The first kappa shape index (κ1) is 30.0. The molecular weight excluding hydrogens is 642 g/mol. The van der Waals surface area contributed by atoms with E-state index in [4.69, 9.17) is 4.74 Å². The van der Waals surface area contributed by atoms with Gasteiger partial charge in [-0.05, 0) is 42.5 Å². The lowest BCUT2D eigenvalue weighted by atomic mass is 9.96. The molecule has 9 rings (SSSR count). The monoisotopic (exact) mass is 667 g/mol. The average molecular weight is 668 g/mol. The molecule has 0 atom stereocenters. The maximum absolute atomic E-state index is 14.3. The van der Waals surface area contributed by atoms with Gasteiger partial charge in [-0.1, -0.05) is 78.9 Å². The van der Waals surface area contributed by atoms with Gasteiger partial charge in [-0.15, -0.1) is 0 Å². The molecule has 0 radical (unpaired) electrons. The predicted molar refractivity (Wildman–Crippen MR) is 203 cm³/mol. The lowest BCUT2D eigenvalue weighted by molar-refractivity contribution is 0.102. The fraction of sp³-hybridized carbons (Fsp3) is 0.0238. The van der Waals surface area contributed by atoms with E-state index in [0.717, 1.165) is 0 Å². The summed E-state index contributed by atoms with van der Waals surface area (Å²) in [5.74, 6) is 0.211. The van der Waals surface area contributed by atoms with Crippen LogP contribution in [0.1, 0.15) is 10.4 Å². The number of hydrogen-bond acceptors (Lipinski definition) is 7. The highest BCUT2D eigenvalue weighted by Gasteiger charge is 2.23. The Kier molecular flexibility index (Phi) is 6.75. The minimum atomic E-state index is -0.424. The van der Waals surface area contributed by atoms with Gasteiger partial charge in [0.25, 0.3) is 5.91 Å². The maximum Gasteiger partial charge on any atom is 0.255 e. The summed E-state index contributed by atoms with van der Waals surface area (Å²) in [5, 5.41) is 8.69. The van der Waals surface area contributed by atoms with Gasteiger partial charge >= 0.3 is 0 Å². The summed E-state index contributed by atoms with van der Waals surface area (Å²) in [6.07, 6.45) is 0. The molecule has 244 valence electrons. The molecule has 0 fully saturated rings. The lowest BCUT2D eigenvalue weighted by Gasteiger charge is -2.12. The topological polar surface area (TPSA) is 134 Å². The molecule has 0 aliphatic carbocycles. The molecule has 3 N–H and O–H groups in total. The Morgan fingerprint density at radius 1 is 0.510 bits per heavy atom. The first-order chi connectivity index (χ1) is 24.9. The second-order valence-electron chi connectivity index (χ2n) is 12.3. The highest BCUT2D eigenvalue weighted by molar-refractivity contribution is 6.26. The van der Waals surface area contributed by atoms with E-state index >= 15 is 0 Å². The van der Waals surface area contributed by atoms with E-state index in [1.54, 1.807) is 91.0 Å². The van der Waals surface area contributed by atoms with Crippen LogP contribution in [0.3, 0.4) is 0 Å². The molecule has 1 heterocycles. The number of benzene rings is 8. The van der Waals surface area contributed by atoms with Crippen LogP contribution in [-0.4, -0.2) is 17.6 Å². The number of rotatable bonds is 6. The van der Waals surface area contributed by atoms with E-state index < -0.39 is 16.8 Å². The van der Waals surface area contributed by atoms with Crippen molar-refractivity contribution in [1.29, 1.82) is 0 Å². The molecule has 0 saturated carbocycles. The summed E-state index contributed by atoms with van der Waals surface area (Å²) < 4.78 is 5.88. The zero-order chi connectivity index (χ0) is 34.8. The first-order valence-corrected chi connectivity index (χ1v) is 16.2. The number of anilines is 2. The lowest BCUT2D eigenvalue weighted by Crippen LogP contribution is -2.18. The van der Waals surface area contributed by atoms with Crippen LogP contribution in [0.25, 0.3) is 64.9 Å². The van der Waals surface area contributed by atoms with E-state index in [-0.39, 0.29) is 61.0 Å². The number of para-hydroxylation sites is 1. The van der Waals surface area contributed by atoms with E-state index in [1.807, 2.05) is 30.3 Å². The van der Waals surface area contributed by atoms with E-state index in [0.29, 0.717) is 44.2 Å². The Morgan fingerprint density at radius 3 is 1.82 bits per heavy atom. The number of carbonyl (C=O) groups is 1. The van der Waals surface area contributed by atoms with E-state index in [2.05, 4.69) is 15.6 Å². The number of hydrogen-bond donors (Lipinski definition) is 3. The molecule has 1 amide bonds. The van der Waals surface area contributed by atoms with Gasteiger partial charge in [-0.3, -0.25) is 24.0 Å². The molecule has 0 saturated heterocycles. The smallest absolute Gasteiger partial charge is 0.255 e. The number of nitrogens with one attached hydrogen (secondary N) is 3. The van der Waals surface area contributed by atoms with Crippen molar-refractivity contribution in [3.05, 3.63) is 168 Å². The molecule has 51 heavy (non-hydrogen) atoms. The van der Waals surface area contributed by atoms with Gasteiger partial charge in [0.05, 0.1) is 38.3 Å². The van der Waals surface area contributed by atoms with Gasteiger partial charge < -0.3 is 20.4 Å². The number of aromatic amines is 1. The Bertz CT molecular complexity index is 3130. The van der Waals surface area contributed by atoms with Gasteiger partial charge in [0.15, 0.2) is 28.4 Å². The van der Waals surface area contributed by atoms with Crippen molar-refractivity contribution in [3.8, 4) is 5.75 Å². The fourth-order valence-electron chi connectivity index (χ4n) is 7.14. The van der Waals surface area contributed by atoms with Crippen LogP contribution < -0.4 is 37.1 Å². The number of aromatic nitrogens is 1. The van der Waals surface area contributed by atoms with Crippen molar-refractivity contribution < 1.29 is 9.53 Å². The molecule has 0 spiro atoms. The number of ether oxygens (including phenoxy) is 1. The molecule has 0 aliphatic heterocycles. The van der Waals surface area contributed by atoms with Crippen molar-refractivity contribution in [2.24, 2.45) is 0 Å². The third-order valence-corrected chi connectivity index (χ3v) is 9.48. The zero-order valence-electron chi connectivity index (χ0n) is 26.7. The van der Waals surface area contributed by atoms with Crippen LogP contribution in [0, 0.1) is 0 Å². The zero-order valence-corrected chi connectivity index (χ0v) is 26.7. The van der Waals surface area contributed by atoms with E-state index in [1.165, 1.54) is 0 Å². The minimum absolute atomic E-state index is 0.00967. The van der Waals surface area contributed by atoms with Crippen LogP contribution in [0.2, 0.25) is 0 Å². The van der Waals surface area contributed by atoms with Crippen molar-refractivity contribution in [1.82, 2.24) is 4.98 Å². The van der Waals surface area contributed by atoms with Gasteiger partial charge in [0.1, 0.15) is 5.75 Å². The van der Waals surface area contributed by atoms with Crippen LogP contribution in [-0.2, 0) is 0 Å². The summed E-state index contributed by atoms with van der Waals surface area (Å²) in [6, 6.07) is 34.3. The quantitative estimate of drug-likeness (QED) is 0.129. The van der Waals surface area contributed by atoms with Crippen LogP contribution in [0.15, 0.2) is 141 Å². The summed E-state index contributed by atoms with van der Waals surface area (Å²) in [7, 11) is 0. The molecule has 9 nitrogen and oxygen atoms in total. The van der Waals surface area contributed by atoms with Gasteiger partial charge in [-0.2, -0.15) is 0 Å². The Labute approximate surface area is 287 Å². The Hall–Kier alpha value is -7.13. The largest absolute Gasteiger partial charge is 0.473 e. The molecule has 8 aromatic carbocycles. The van der Waals surface area contributed by atoms with Crippen molar-refractivity contribution in [3.63, 3.8) is 0 Å². The maximum atomic E-state index is 14.3. The number of fused-ring (bicyclic) bond motifs is 9. The highest BCUT2D eigenvalue weighted by atomic mass is 16.5. The molecule has 9 heteroatoms. The predicted octanol–water partition coefficient (Wildman–Crippen LogP) is 6.95. The molecule has 0 unspecified atom stereocenters. The van der Waals surface area contributed by atoms with E-state index in [9.17, 15) is 24.0 Å². The van der Waals surface area contributed by atoms with Crippen molar-refractivity contribution >= 4 is 82.2 Å². The third-order valence-electron chi connectivity index (χ3n) is 9.48. The summed E-state index contributed by atoms with van der Waals surface area (Å²) in [4.78, 5) is 73.1.